The summed E-state index contributed by atoms with van der Waals surface area (Å²) in [5.74, 6) is 0.291. The van der Waals surface area contributed by atoms with Gasteiger partial charge < -0.3 is 10.1 Å². The molecular weight excluding hydrogens is 368 g/mol. The van der Waals surface area contributed by atoms with Crippen molar-refractivity contribution in [2.24, 2.45) is 7.05 Å². The number of rotatable bonds is 3. The summed E-state index contributed by atoms with van der Waals surface area (Å²) in [6, 6.07) is 7.30. The first-order valence-electron chi connectivity index (χ1n) is 6.38. The lowest BCUT2D eigenvalue weighted by Crippen LogP contribution is -2.35. The molecule has 1 heterocycles. The average molecular weight is 383 g/mol. The molecule has 0 saturated heterocycles. The lowest BCUT2D eigenvalue weighted by atomic mass is 10.3. The van der Waals surface area contributed by atoms with Gasteiger partial charge in [-0.3, -0.25) is 14.8 Å². The van der Waals surface area contributed by atoms with Crippen LogP contribution in [0, 0.1) is 6.92 Å². The minimum Gasteiger partial charge on any atom is -0.495 e. The number of amides is 1. The molecule has 2 rings (SSSR count). The van der Waals surface area contributed by atoms with E-state index in [0.717, 1.165) is 5.69 Å². The van der Waals surface area contributed by atoms with Crippen molar-refractivity contribution >= 4 is 44.9 Å². The van der Waals surface area contributed by atoms with Crippen molar-refractivity contribution in [2.45, 2.75) is 6.92 Å². The summed E-state index contributed by atoms with van der Waals surface area (Å²) in [7, 11) is 3.26. The normalized spacial score (nSPS) is 10.2. The van der Waals surface area contributed by atoms with E-state index in [-0.39, 0.29) is 11.0 Å². The molecular formula is C14H15BrN4O2S. The van der Waals surface area contributed by atoms with Gasteiger partial charge in [0.25, 0.3) is 5.91 Å². The largest absolute Gasteiger partial charge is 0.495 e. The second kappa shape index (κ2) is 6.89. The number of nitrogens with zero attached hydrogens (tertiary/aromatic N) is 2. The van der Waals surface area contributed by atoms with Gasteiger partial charge in [-0.1, -0.05) is 12.1 Å². The zero-order valence-electron chi connectivity index (χ0n) is 12.3. The van der Waals surface area contributed by atoms with Crippen LogP contribution in [0.2, 0.25) is 0 Å². The predicted octanol–water partition coefficient (Wildman–Crippen LogP) is 2.63. The van der Waals surface area contributed by atoms with E-state index >= 15 is 0 Å². The van der Waals surface area contributed by atoms with Crippen molar-refractivity contribution in [1.82, 2.24) is 15.1 Å². The van der Waals surface area contributed by atoms with E-state index in [9.17, 15) is 4.79 Å². The third-order valence-electron chi connectivity index (χ3n) is 2.95. The highest BCUT2D eigenvalue weighted by molar-refractivity contribution is 9.10. The number of anilines is 1. The number of ether oxygens (including phenoxy) is 1. The Morgan fingerprint density at radius 3 is 2.68 bits per heavy atom. The van der Waals surface area contributed by atoms with Crippen LogP contribution in [-0.4, -0.2) is 27.9 Å². The van der Waals surface area contributed by atoms with Crippen LogP contribution in [0.15, 0.2) is 28.7 Å². The quantitative estimate of drug-likeness (QED) is 0.798. The van der Waals surface area contributed by atoms with Crippen molar-refractivity contribution in [2.75, 3.05) is 12.4 Å². The Balaban J connectivity index is 2.10. The van der Waals surface area contributed by atoms with Crippen LogP contribution in [0.5, 0.6) is 5.75 Å². The molecule has 0 aliphatic rings. The summed E-state index contributed by atoms with van der Waals surface area (Å²) in [4.78, 5) is 12.3. The molecule has 22 heavy (non-hydrogen) atoms. The van der Waals surface area contributed by atoms with Crippen molar-refractivity contribution in [3.8, 4) is 5.75 Å². The summed E-state index contributed by atoms with van der Waals surface area (Å²) in [5, 5.41) is 9.92. The van der Waals surface area contributed by atoms with Crippen LogP contribution in [0.1, 0.15) is 16.2 Å². The number of halogens is 1. The molecule has 0 saturated carbocycles. The Labute approximate surface area is 142 Å². The highest BCUT2D eigenvalue weighted by Gasteiger charge is 2.19. The zero-order valence-corrected chi connectivity index (χ0v) is 14.7. The molecule has 2 aromatic rings. The maximum Gasteiger partial charge on any atom is 0.276 e. The topological polar surface area (TPSA) is 68.2 Å². The van der Waals surface area contributed by atoms with Crippen molar-refractivity contribution in [3.05, 3.63) is 40.1 Å². The first kappa shape index (κ1) is 16.4. The van der Waals surface area contributed by atoms with Gasteiger partial charge in [0, 0.05) is 7.05 Å². The molecule has 1 aromatic carbocycles. The van der Waals surface area contributed by atoms with Crippen LogP contribution in [0.25, 0.3) is 0 Å². The number of hydrogen-bond acceptors (Lipinski definition) is 4. The number of thiocarbonyl (C=S) groups is 1. The zero-order chi connectivity index (χ0) is 16.3. The third kappa shape index (κ3) is 3.45. The molecule has 0 aliphatic carbocycles. The van der Waals surface area contributed by atoms with Crippen molar-refractivity contribution < 1.29 is 9.53 Å². The molecule has 0 atom stereocenters. The van der Waals surface area contributed by atoms with Gasteiger partial charge in [0.05, 0.1) is 23.0 Å². The molecule has 1 amide bonds. The third-order valence-corrected chi connectivity index (χ3v) is 4.10. The van der Waals surface area contributed by atoms with E-state index in [4.69, 9.17) is 17.0 Å². The molecule has 0 unspecified atom stereocenters. The van der Waals surface area contributed by atoms with E-state index in [2.05, 4.69) is 31.7 Å². The van der Waals surface area contributed by atoms with E-state index in [1.807, 2.05) is 19.1 Å². The second-order valence-corrected chi connectivity index (χ2v) is 5.68. The molecule has 6 nitrogen and oxygen atoms in total. The summed E-state index contributed by atoms with van der Waals surface area (Å²) in [5.41, 5.74) is 1.81. The number of aromatic nitrogens is 2. The van der Waals surface area contributed by atoms with E-state index in [1.54, 1.807) is 26.3 Å². The van der Waals surface area contributed by atoms with Crippen LogP contribution in [0.3, 0.4) is 0 Å². The Hall–Kier alpha value is -1.93. The fraction of sp³-hybridized carbons (Fsp3) is 0.214. The maximum atomic E-state index is 12.3. The molecule has 2 N–H and O–H groups in total. The van der Waals surface area contributed by atoms with Gasteiger partial charge in [0.1, 0.15) is 11.4 Å². The van der Waals surface area contributed by atoms with Gasteiger partial charge in [-0.15, -0.1) is 0 Å². The van der Waals surface area contributed by atoms with E-state index in [1.165, 1.54) is 4.68 Å². The van der Waals surface area contributed by atoms with Gasteiger partial charge >= 0.3 is 0 Å². The lowest BCUT2D eigenvalue weighted by molar-refractivity contribution is 0.0968. The van der Waals surface area contributed by atoms with E-state index < -0.39 is 0 Å². The molecule has 0 aliphatic heterocycles. The number of nitrogens with one attached hydrogen (secondary N) is 2. The number of methoxy groups -OCH3 is 1. The highest BCUT2D eigenvalue weighted by atomic mass is 79.9. The Morgan fingerprint density at radius 2 is 2.09 bits per heavy atom. The highest BCUT2D eigenvalue weighted by Crippen LogP contribution is 2.23. The van der Waals surface area contributed by atoms with Crippen molar-refractivity contribution in [3.63, 3.8) is 0 Å². The van der Waals surface area contributed by atoms with Gasteiger partial charge in [0.2, 0.25) is 0 Å². The standard InChI is InChI=1S/C14H15BrN4O2S/c1-8-11(15)12(19(2)18-8)13(20)17-14(22)16-9-6-4-5-7-10(9)21-3/h4-7H,1-3H3,(H2,16,17,20,22). The number of benzene rings is 1. The summed E-state index contributed by atoms with van der Waals surface area (Å²) in [6.07, 6.45) is 0. The molecule has 0 radical (unpaired) electrons. The molecule has 116 valence electrons. The number of aryl methyl sites for hydroxylation is 2. The molecule has 0 bridgehead atoms. The van der Waals surface area contributed by atoms with Crippen LogP contribution in [0.4, 0.5) is 5.69 Å². The molecule has 8 heteroatoms. The van der Waals surface area contributed by atoms with Gasteiger partial charge in [-0.25, -0.2) is 0 Å². The van der Waals surface area contributed by atoms with Gasteiger partial charge in [-0.05, 0) is 47.2 Å². The summed E-state index contributed by atoms with van der Waals surface area (Å²) < 4.78 is 7.37. The SMILES string of the molecule is COc1ccccc1NC(=S)NC(=O)c1c(Br)c(C)nn1C. The molecule has 0 fully saturated rings. The lowest BCUT2D eigenvalue weighted by Gasteiger charge is -2.12. The monoisotopic (exact) mass is 382 g/mol. The number of para-hydroxylation sites is 2. The fourth-order valence-electron chi connectivity index (χ4n) is 1.94. The number of carbonyl (C=O) groups excluding carboxylic acids is 1. The maximum absolute atomic E-state index is 12.3. The van der Waals surface area contributed by atoms with Crippen LogP contribution in [-0.2, 0) is 7.05 Å². The van der Waals surface area contributed by atoms with Gasteiger partial charge in [0.15, 0.2) is 5.11 Å². The first-order valence-corrected chi connectivity index (χ1v) is 7.58. The first-order chi connectivity index (χ1) is 10.4. The molecule has 0 spiro atoms. The Kier molecular flexibility index (Phi) is 5.15. The van der Waals surface area contributed by atoms with Crippen LogP contribution >= 0.6 is 28.1 Å². The summed E-state index contributed by atoms with van der Waals surface area (Å²) >= 11 is 8.52. The minimum absolute atomic E-state index is 0.181. The average Bonchev–Trinajstić information content (AvgIpc) is 2.72. The second-order valence-electron chi connectivity index (χ2n) is 4.48. The minimum atomic E-state index is -0.345. The smallest absolute Gasteiger partial charge is 0.276 e. The Morgan fingerprint density at radius 1 is 1.41 bits per heavy atom. The van der Waals surface area contributed by atoms with Crippen molar-refractivity contribution in [1.29, 1.82) is 0 Å². The molecule has 1 aromatic heterocycles. The van der Waals surface area contributed by atoms with E-state index in [0.29, 0.717) is 21.6 Å². The number of hydrogen-bond donors (Lipinski definition) is 2. The Bertz CT molecular complexity index is 730. The summed E-state index contributed by atoms with van der Waals surface area (Å²) in [6.45, 7) is 1.81. The van der Waals surface area contributed by atoms with Gasteiger partial charge in [-0.2, -0.15) is 5.10 Å². The number of carbonyl (C=O) groups is 1. The van der Waals surface area contributed by atoms with Crippen LogP contribution < -0.4 is 15.4 Å². The fourth-order valence-corrected chi connectivity index (χ4v) is 2.66. The predicted molar refractivity (Wildman–Crippen MR) is 92.3 cm³/mol.